The molecule has 3 rings (SSSR count). The molecule has 1 aliphatic rings. The fourth-order valence-corrected chi connectivity index (χ4v) is 4.24. The molecule has 2 aromatic carbocycles. The fourth-order valence-electron chi connectivity index (χ4n) is 2.59. The lowest BCUT2D eigenvalue weighted by atomic mass is 10.1. The van der Waals surface area contributed by atoms with Crippen molar-refractivity contribution in [2.45, 2.75) is 6.92 Å². The third-order valence-corrected chi connectivity index (χ3v) is 5.39. The number of nitrogens with zero attached hydrogens (tertiary/aromatic N) is 1. The van der Waals surface area contributed by atoms with E-state index in [1.54, 1.807) is 49.6 Å². The average Bonchev–Trinajstić information content (AvgIpc) is 2.88. The largest absolute Gasteiger partial charge is 0.492 e. The number of hydrogen-bond acceptors (Lipinski definition) is 5. The van der Waals surface area contributed by atoms with Gasteiger partial charge in [0.25, 0.3) is 11.1 Å². The number of amides is 2. The van der Waals surface area contributed by atoms with Crippen molar-refractivity contribution in [2.24, 2.45) is 0 Å². The van der Waals surface area contributed by atoms with Gasteiger partial charge in [0.15, 0.2) is 11.5 Å². The molecule has 0 radical (unpaired) electrons. The Morgan fingerprint density at radius 2 is 2.04 bits per heavy atom. The molecule has 0 unspecified atom stereocenters. The SMILES string of the molecule is CCOc1cc(C=C2SC(=O)N(c3cccc(Cl)c3)C2=O)cc(Br)c1OC. The highest BCUT2D eigenvalue weighted by Crippen LogP contribution is 2.40. The van der Waals surface area contributed by atoms with Crippen molar-refractivity contribution in [3.8, 4) is 11.5 Å². The molecule has 5 nitrogen and oxygen atoms in total. The highest BCUT2D eigenvalue weighted by atomic mass is 79.9. The van der Waals surface area contributed by atoms with Gasteiger partial charge in [0, 0.05) is 5.02 Å². The molecule has 0 spiro atoms. The summed E-state index contributed by atoms with van der Waals surface area (Å²) in [5, 5.41) is 0.0853. The molecular weight excluding hydrogens is 454 g/mol. The summed E-state index contributed by atoms with van der Waals surface area (Å²) in [6, 6.07) is 10.2. The molecular formula is C19H15BrClNO4S. The van der Waals surface area contributed by atoms with Crippen molar-refractivity contribution in [3.63, 3.8) is 0 Å². The van der Waals surface area contributed by atoms with E-state index >= 15 is 0 Å². The Balaban J connectivity index is 1.96. The lowest BCUT2D eigenvalue weighted by Crippen LogP contribution is -2.27. The van der Waals surface area contributed by atoms with E-state index in [9.17, 15) is 9.59 Å². The van der Waals surface area contributed by atoms with Crippen LogP contribution in [0.25, 0.3) is 6.08 Å². The zero-order valence-corrected chi connectivity index (χ0v) is 17.7. The minimum atomic E-state index is -0.392. The van der Waals surface area contributed by atoms with Gasteiger partial charge in [-0.2, -0.15) is 0 Å². The molecule has 1 aliphatic heterocycles. The lowest BCUT2D eigenvalue weighted by Gasteiger charge is -2.13. The first-order valence-corrected chi connectivity index (χ1v) is 9.97. The number of rotatable bonds is 5. The number of anilines is 1. The molecule has 0 saturated carbocycles. The molecule has 0 N–H and O–H groups in total. The van der Waals surface area contributed by atoms with Crippen LogP contribution in [0.3, 0.4) is 0 Å². The molecule has 1 fully saturated rings. The van der Waals surface area contributed by atoms with Crippen molar-refractivity contribution in [2.75, 3.05) is 18.6 Å². The third-order valence-electron chi connectivity index (χ3n) is 3.69. The first kappa shape index (κ1) is 19.8. The first-order valence-electron chi connectivity index (χ1n) is 7.98. The van der Waals surface area contributed by atoms with E-state index in [0.29, 0.717) is 43.8 Å². The Labute approximate surface area is 174 Å². The minimum absolute atomic E-state index is 0.319. The monoisotopic (exact) mass is 467 g/mol. The van der Waals surface area contributed by atoms with Crippen LogP contribution in [0.15, 0.2) is 45.8 Å². The summed E-state index contributed by atoms with van der Waals surface area (Å²) >= 11 is 10.3. The van der Waals surface area contributed by atoms with E-state index in [2.05, 4.69) is 15.9 Å². The highest BCUT2D eigenvalue weighted by Gasteiger charge is 2.36. The fraction of sp³-hybridized carbons (Fsp3) is 0.158. The number of benzene rings is 2. The van der Waals surface area contributed by atoms with E-state index in [-0.39, 0.29) is 5.24 Å². The number of methoxy groups -OCH3 is 1. The molecule has 1 heterocycles. The Kier molecular flexibility index (Phi) is 6.14. The molecule has 0 bridgehead atoms. The standard InChI is InChI=1S/C19H15BrClNO4S/c1-3-26-15-8-11(7-14(20)17(15)25-2)9-16-18(23)22(19(24)27-16)13-6-4-5-12(21)10-13/h4-10H,3H2,1-2H3. The predicted octanol–water partition coefficient (Wildman–Crippen LogP) is 5.75. The summed E-state index contributed by atoms with van der Waals surface area (Å²) < 4.78 is 11.6. The highest BCUT2D eigenvalue weighted by molar-refractivity contribution is 9.10. The normalized spacial score (nSPS) is 15.6. The average molecular weight is 469 g/mol. The summed E-state index contributed by atoms with van der Waals surface area (Å²) in [5.74, 6) is 0.730. The van der Waals surface area contributed by atoms with Crippen molar-refractivity contribution >= 4 is 62.2 Å². The van der Waals surface area contributed by atoms with E-state index in [4.69, 9.17) is 21.1 Å². The second-order valence-electron chi connectivity index (χ2n) is 5.46. The number of ether oxygens (including phenoxy) is 2. The Hall–Kier alpha value is -1.96. The van der Waals surface area contributed by atoms with Crippen LogP contribution in [0.4, 0.5) is 10.5 Å². The van der Waals surface area contributed by atoms with Crippen LogP contribution in [0, 0.1) is 0 Å². The van der Waals surface area contributed by atoms with E-state index in [0.717, 1.165) is 16.7 Å². The quantitative estimate of drug-likeness (QED) is 0.523. The van der Waals surface area contributed by atoms with Gasteiger partial charge in [-0.3, -0.25) is 9.59 Å². The number of carbonyl (C=O) groups is 2. The predicted molar refractivity (Wildman–Crippen MR) is 112 cm³/mol. The van der Waals surface area contributed by atoms with Crippen molar-refractivity contribution in [3.05, 3.63) is 56.4 Å². The molecule has 140 valence electrons. The maximum absolute atomic E-state index is 12.8. The van der Waals surface area contributed by atoms with Gasteiger partial charge in [0.1, 0.15) is 0 Å². The summed E-state index contributed by atoms with van der Waals surface area (Å²) in [6.45, 7) is 2.34. The Morgan fingerprint density at radius 3 is 2.70 bits per heavy atom. The van der Waals surface area contributed by atoms with Gasteiger partial charge in [-0.1, -0.05) is 17.7 Å². The van der Waals surface area contributed by atoms with Gasteiger partial charge < -0.3 is 9.47 Å². The maximum atomic E-state index is 12.8. The number of carbonyl (C=O) groups excluding carboxylic acids is 2. The van der Waals surface area contributed by atoms with Crippen LogP contribution in [-0.2, 0) is 4.79 Å². The number of imide groups is 1. The van der Waals surface area contributed by atoms with Gasteiger partial charge in [-0.15, -0.1) is 0 Å². The zero-order valence-electron chi connectivity index (χ0n) is 14.5. The van der Waals surface area contributed by atoms with E-state index in [1.807, 2.05) is 6.92 Å². The van der Waals surface area contributed by atoms with Crippen molar-refractivity contribution in [1.29, 1.82) is 0 Å². The first-order chi connectivity index (χ1) is 12.9. The summed E-state index contributed by atoms with van der Waals surface area (Å²) in [7, 11) is 1.55. The van der Waals surface area contributed by atoms with Gasteiger partial charge in [0.2, 0.25) is 0 Å². The smallest absolute Gasteiger partial charge is 0.298 e. The van der Waals surface area contributed by atoms with Crippen molar-refractivity contribution in [1.82, 2.24) is 0 Å². The Morgan fingerprint density at radius 1 is 1.26 bits per heavy atom. The topological polar surface area (TPSA) is 55.8 Å². The molecule has 0 atom stereocenters. The summed E-state index contributed by atoms with van der Waals surface area (Å²) in [6.07, 6.45) is 1.65. The number of hydrogen-bond donors (Lipinski definition) is 0. The van der Waals surface area contributed by atoms with Crippen molar-refractivity contribution < 1.29 is 19.1 Å². The molecule has 2 aromatic rings. The molecule has 1 saturated heterocycles. The Bertz CT molecular complexity index is 947. The molecule has 8 heteroatoms. The molecule has 2 amide bonds. The van der Waals surface area contributed by atoms with Gasteiger partial charge in [0.05, 0.1) is 28.8 Å². The van der Waals surface area contributed by atoms with Gasteiger partial charge in [-0.25, -0.2) is 4.90 Å². The second-order valence-corrected chi connectivity index (χ2v) is 7.75. The van der Waals surface area contributed by atoms with Crippen LogP contribution in [0.5, 0.6) is 11.5 Å². The van der Waals surface area contributed by atoms with Crippen LogP contribution < -0.4 is 14.4 Å². The molecule has 27 heavy (non-hydrogen) atoms. The number of halogens is 2. The summed E-state index contributed by atoms with van der Waals surface area (Å²) in [4.78, 5) is 26.6. The summed E-state index contributed by atoms with van der Waals surface area (Å²) in [5.41, 5.74) is 1.15. The number of thioether (sulfide) groups is 1. The second kappa shape index (κ2) is 8.37. The van der Waals surface area contributed by atoms with E-state index in [1.165, 1.54) is 0 Å². The minimum Gasteiger partial charge on any atom is -0.492 e. The van der Waals surface area contributed by atoms with Crippen LogP contribution >= 0.6 is 39.3 Å². The van der Waals surface area contributed by atoms with Crippen LogP contribution in [0.1, 0.15) is 12.5 Å². The van der Waals surface area contributed by atoms with Crippen LogP contribution in [0.2, 0.25) is 5.02 Å². The lowest BCUT2D eigenvalue weighted by molar-refractivity contribution is -0.113. The maximum Gasteiger partial charge on any atom is 0.298 e. The molecule has 0 aromatic heterocycles. The molecule has 0 aliphatic carbocycles. The van der Waals surface area contributed by atoms with E-state index < -0.39 is 5.91 Å². The van der Waals surface area contributed by atoms with Gasteiger partial charge in [-0.05, 0) is 76.6 Å². The van der Waals surface area contributed by atoms with Crippen LogP contribution in [-0.4, -0.2) is 24.9 Å². The third kappa shape index (κ3) is 4.15. The zero-order chi connectivity index (χ0) is 19.6. The van der Waals surface area contributed by atoms with Gasteiger partial charge >= 0.3 is 0 Å².